The molecule has 3 aromatic rings. The third-order valence-corrected chi connectivity index (χ3v) is 8.62. The maximum atomic E-state index is 12.9. The molecule has 4 rings (SSSR count). The lowest BCUT2D eigenvalue weighted by atomic mass is 9.91. The number of halogens is 4. The molecule has 0 saturated carbocycles. The first-order valence-electron chi connectivity index (χ1n) is 10.7. The fourth-order valence-electron chi connectivity index (χ4n) is 4.12. The summed E-state index contributed by atoms with van der Waals surface area (Å²) in [5.41, 5.74) is -3.77. The normalized spacial score (nSPS) is 16.6. The molecule has 2 heterocycles. The summed E-state index contributed by atoms with van der Waals surface area (Å²) >= 11 is 7.47. The molecule has 1 atom stereocenters. The smallest absolute Gasteiger partial charge is 0.377 e. The van der Waals surface area contributed by atoms with Crippen molar-refractivity contribution in [2.75, 3.05) is 18.4 Å². The number of benzene rings is 2. The van der Waals surface area contributed by atoms with Crippen LogP contribution in [0.4, 0.5) is 24.5 Å². The minimum atomic E-state index is -5.41. The molecule has 192 valence electrons. The van der Waals surface area contributed by atoms with Gasteiger partial charge in [-0.05, 0) is 42.2 Å². The van der Waals surface area contributed by atoms with Gasteiger partial charge in [-0.3, -0.25) is 10.1 Å². The second kappa shape index (κ2) is 10.3. The standard InChI is InChI=1S/C22H20ClF3N4O4S2/c23-16-4-1-14(2-5-16)20(21-27-9-12-35-21)15-3-6-19(30(31)32)18(13-15)28-17-7-10-29(11-8-17)36(33,34)22(24,25)26/h1-6,9,12-13,17,20,28H,7-8,10-11H2. The molecular weight excluding hydrogens is 541 g/mol. The van der Waals surface area contributed by atoms with Crippen molar-refractivity contribution >= 4 is 44.3 Å². The number of nitro benzene ring substituents is 1. The average Bonchev–Trinajstić information content (AvgIpc) is 3.34. The summed E-state index contributed by atoms with van der Waals surface area (Å²) in [7, 11) is -5.41. The highest BCUT2D eigenvalue weighted by Crippen LogP contribution is 2.38. The largest absolute Gasteiger partial charge is 0.511 e. The van der Waals surface area contributed by atoms with E-state index < -0.39 is 26.5 Å². The first kappa shape index (κ1) is 26.3. The number of hydrogen-bond donors (Lipinski definition) is 1. The van der Waals surface area contributed by atoms with Gasteiger partial charge in [0.2, 0.25) is 0 Å². The third-order valence-electron chi connectivity index (χ3n) is 5.90. The van der Waals surface area contributed by atoms with Crippen LogP contribution in [0.1, 0.15) is 34.9 Å². The number of anilines is 1. The molecule has 1 aromatic heterocycles. The van der Waals surface area contributed by atoms with Gasteiger partial charge >= 0.3 is 15.5 Å². The Hall–Kier alpha value is -2.74. The van der Waals surface area contributed by atoms with Gasteiger partial charge in [0.15, 0.2) is 0 Å². The Morgan fingerprint density at radius 1 is 1.14 bits per heavy atom. The molecule has 14 heteroatoms. The summed E-state index contributed by atoms with van der Waals surface area (Å²) in [5.74, 6) is -0.331. The van der Waals surface area contributed by atoms with Crippen LogP contribution in [0.15, 0.2) is 54.0 Å². The number of rotatable bonds is 7. The van der Waals surface area contributed by atoms with Gasteiger partial charge in [-0.25, -0.2) is 13.4 Å². The Bertz CT molecular complexity index is 1330. The van der Waals surface area contributed by atoms with Gasteiger partial charge in [0.1, 0.15) is 10.7 Å². The van der Waals surface area contributed by atoms with Crippen LogP contribution in [0.3, 0.4) is 0 Å². The number of piperidine rings is 1. The molecule has 1 aliphatic heterocycles. The summed E-state index contributed by atoms with van der Waals surface area (Å²) in [6.07, 6.45) is 1.78. The quantitative estimate of drug-likeness (QED) is 0.297. The van der Waals surface area contributed by atoms with E-state index in [1.54, 1.807) is 30.5 Å². The molecule has 8 nitrogen and oxygen atoms in total. The molecule has 1 saturated heterocycles. The van der Waals surface area contributed by atoms with E-state index in [-0.39, 0.29) is 43.2 Å². The van der Waals surface area contributed by atoms with E-state index >= 15 is 0 Å². The van der Waals surface area contributed by atoms with Crippen LogP contribution < -0.4 is 5.32 Å². The minimum absolute atomic E-state index is 0.0593. The highest BCUT2D eigenvalue weighted by molar-refractivity contribution is 7.90. The highest BCUT2D eigenvalue weighted by Gasteiger charge is 2.50. The fraction of sp³-hybridized carbons (Fsp3) is 0.318. The van der Waals surface area contributed by atoms with Crippen molar-refractivity contribution in [2.45, 2.75) is 30.3 Å². The van der Waals surface area contributed by atoms with Crippen molar-refractivity contribution < 1.29 is 26.5 Å². The number of hydrogen-bond acceptors (Lipinski definition) is 7. The van der Waals surface area contributed by atoms with Gasteiger partial charge in [0.05, 0.1) is 10.8 Å². The van der Waals surface area contributed by atoms with E-state index in [9.17, 15) is 31.7 Å². The molecule has 1 N–H and O–H groups in total. The molecule has 2 aromatic carbocycles. The number of nitro groups is 1. The van der Waals surface area contributed by atoms with Crippen LogP contribution in [0.5, 0.6) is 0 Å². The van der Waals surface area contributed by atoms with Crippen molar-refractivity contribution in [2.24, 2.45) is 0 Å². The molecule has 0 amide bonds. The van der Waals surface area contributed by atoms with Crippen molar-refractivity contribution in [3.8, 4) is 0 Å². The number of nitrogens with one attached hydrogen (secondary N) is 1. The molecule has 0 aliphatic carbocycles. The summed E-state index contributed by atoms with van der Waals surface area (Å²) in [4.78, 5) is 15.6. The van der Waals surface area contributed by atoms with Gasteiger partial charge in [-0.1, -0.05) is 29.8 Å². The Morgan fingerprint density at radius 3 is 2.33 bits per heavy atom. The fourth-order valence-corrected chi connectivity index (χ4v) is 6.03. The van der Waals surface area contributed by atoms with Gasteiger partial charge in [-0.2, -0.15) is 17.5 Å². The topological polar surface area (TPSA) is 105 Å². The second-order valence-corrected chi connectivity index (χ2v) is 11.4. The lowest BCUT2D eigenvalue weighted by Gasteiger charge is -2.32. The Balaban J connectivity index is 1.62. The SMILES string of the molecule is O=[N+]([O-])c1ccc(C(c2ccc(Cl)cc2)c2nccs2)cc1NC1CCN(S(=O)(=O)C(F)(F)F)CC1. The van der Waals surface area contributed by atoms with E-state index in [2.05, 4.69) is 10.3 Å². The average molecular weight is 561 g/mol. The molecular formula is C22H20ClF3N4O4S2. The Kier molecular flexibility index (Phi) is 7.55. The van der Waals surface area contributed by atoms with Crippen LogP contribution in [-0.4, -0.2) is 47.3 Å². The first-order valence-corrected chi connectivity index (χ1v) is 13.4. The van der Waals surface area contributed by atoms with E-state index in [0.717, 1.165) is 16.1 Å². The van der Waals surface area contributed by atoms with Crippen molar-refractivity contribution in [1.82, 2.24) is 9.29 Å². The van der Waals surface area contributed by atoms with Crippen LogP contribution >= 0.6 is 22.9 Å². The van der Waals surface area contributed by atoms with Gasteiger partial charge in [0, 0.05) is 41.8 Å². The number of sulfonamides is 1. The van der Waals surface area contributed by atoms with Gasteiger partial charge in [0.25, 0.3) is 5.69 Å². The summed E-state index contributed by atoms with van der Waals surface area (Å²) < 4.78 is 62.4. The van der Waals surface area contributed by atoms with E-state index in [0.29, 0.717) is 9.33 Å². The van der Waals surface area contributed by atoms with Crippen LogP contribution in [0.25, 0.3) is 0 Å². The van der Waals surface area contributed by atoms with Gasteiger partial charge in [-0.15, -0.1) is 11.3 Å². The maximum absolute atomic E-state index is 12.9. The molecule has 0 radical (unpaired) electrons. The van der Waals surface area contributed by atoms with E-state index in [1.165, 1.54) is 17.4 Å². The molecule has 0 bridgehead atoms. The zero-order valence-electron chi connectivity index (χ0n) is 18.5. The van der Waals surface area contributed by atoms with Crippen LogP contribution in [0, 0.1) is 10.1 Å². The number of nitrogens with zero attached hydrogens (tertiary/aromatic N) is 3. The second-order valence-electron chi connectivity index (χ2n) is 8.16. The van der Waals surface area contributed by atoms with Crippen LogP contribution in [-0.2, 0) is 10.0 Å². The zero-order chi connectivity index (χ0) is 26.1. The van der Waals surface area contributed by atoms with Crippen molar-refractivity contribution in [1.29, 1.82) is 0 Å². The zero-order valence-corrected chi connectivity index (χ0v) is 20.9. The summed E-state index contributed by atoms with van der Waals surface area (Å²) in [5, 5.41) is 17.9. The first-order chi connectivity index (χ1) is 17.0. The highest BCUT2D eigenvalue weighted by atomic mass is 35.5. The number of alkyl halides is 3. The number of aromatic nitrogens is 1. The van der Waals surface area contributed by atoms with Crippen LogP contribution in [0.2, 0.25) is 5.02 Å². The predicted molar refractivity (Wildman–Crippen MR) is 131 cm³/mol. The molecule has 1 unspecified atom stereocenters. The van der Waals surface area contributed by atoms with E-state index in [4.69, 9.17) is 11.6 Å². The molecule has 1 aliphatic rings. The molecule has 36 heavy (non-hydrogen) atoms. The summed E-state index contributed by atoms with van der Waals surface area (Å²) in [6.45, 7) is -0.695. The lowest BCUT2D eigenvalue weighted by Crippen LogP contribution is -2.47. The van der Waals surface area contributed by atoms with Crippen molar-refractivity contribution in [3.05, 3.63) is 85.3 Å². The summed E-state index contributed by atoms with van der Waals surface area (Å²) in [6, 6.07) is 11.4. The number of thiazole rings is 1. The monoisotopic (exact) mass is 560 g/mol. The van der Waals surface area contributed by atoms with E-state index in [1.807, 2.05) is 17.5 Å². The Labute approximate surface area is 213 Å². The third kappa shape index (κ3) is 5.48. The maximum Gasteiger partial charge on any atom is 0.511 e. The molecule has 0 spiro atoms. The minimum Gasteiger partial charge on any atom is -0.377 e. The Morgan fingerprint density at radius 2 is 1.78 bits per heavy atom. The van der Waals surface area contributed by atoms with Crippen molar-refractivity contribution in [3.63, 3.8) is 0 Å². The molecule has 1 fully saturated rings. The van der Waals surface area contributed by atoms with Gasteiger partial charge < -0.3 is 5.32 Å². The predicted octanol–water partition coefficient (Wildman–Crippen LogP) is 5.61. The lowest BCUT2D eigenvalue weighted by molar-refractivity contribution is -0.384.